The minimum atomic E-state index is -0.842. The molecular formula is C32H39FN2O3. The molecule has 0 aromatic heterocycles. The third-order valence-corrected chi connectivity index (χ3v) is 6.65. The largest absolute Gasteiger partial charge is 0.484 e. The fraction of sp³-hybridized carbons (Fsp3) is 0.375. The maximum atomic E-state index is 14.7. The molecule has 0 saturated heterocycles. The molecule has 0 aliphatic carbocycles. The quantitative estimate of drug-likeness (QED) is 0.336. The zero-order valence-electron chi connectivity index (χ0n) is 23.0. The predicted octanol–water partition coefficient (Wildman–Crippen LogP) is 6.06. The number of amides is 2. The lowest BCUT2D eigenvalue weighted by Crippen LogP contribution is -2.53. The standard InChI is InChI=1S/C32H39FN2O3/c1-6-23(2)34-31(37)29(20-24-12-8-7-9-13-24)35(21-25-14-10-11-15-28(25)33)30(36)22-38-27-18-16-26(17-19-27)32(3,4)5/h7-19,23,29H,6,20-22H2,1-5H3,(H,34,37). The van der Waals surface area contributed by atoms with Crippen molar-refractivity contribution in [3.05, 3.63) is 101 Å². The summed E-state index contributed by atoms with van der Waals surface area (Å²) in [6, 6.07) is 22.6. The first-order chi connectivity index (χ1) is 18.1. The lowest BCUT2D eigenvalue weighted by Gasteiger charge is -2.32. The van der Waals surface area contributed by atoms with Crippen LogP contribution in [0.2, 0.25) is 0 Å². The molecule has 202 valence electrons. The monoisotopic (exact) mass is 518 g/mol. The van der Waals surface area contributed by atoms with Crippen molar-refractivity contribution in [1.82, 2.24) is 10.2 Å². The van der Waals surface area contributed by atoms with Gasteiger partial charge in [0.05, 0.1) is 0 Å². The lowest BCUT2D eigenvalue weighted by atomic mass is 9.87. The number of carbonyl (C=O) groups excluding carboxylic acids is 2. The average Bonchev–Trinajstić information content (AvgIpc) is 2.90. The molecule has 3 aromatic rings. The van der Waals surface area contributed by atoms with Crippen LogP contribution < -0.4 is 10.1 Å². The van der Waals surface area contributed by atoms with Gasteiger partial charge in [-0.15, -0.1) is 0 Å². The van der Waals surface area contributed by atoms with Gasteiger partial charge < -0.3 is 15.0 Å². The molecule has 3 rings (SSSR count). The molecular weight excluding hydrogens is 479 g/mol. The van der Waals surface area contributed by atoms with E-state index in [0.29, 0.717) is 17.7 Å². The summed E-state index contributed by atoms with van der Waals surface area (Å²) in [6.45, 7) is 9.97. The van der Waals surface area contributed by atoms with Crippen molar-refractivity contribution in [1.29, 1.82) is 0 Å². The topological polar surface area (TPSA) is 58.6 Å². The van der Waals surface area contributed by atoms with Crippen LogP contribution in [-0.4, -0.2) is 35.4 Å². The van der Waals surface area contributed by atoms with E-state index in [-0.39, 0.29) is 30.5 Å². The summed E-state index contributed by atoms with van der Waals surface area (Å²) in [6.07, 6.45) is 1.04. The van der Waals surface area contributed by atoms with E-state index in [1.807, 2.05) is 68.4 Å². The van der Waals surface area contributed by atoms with E-state index in [0.717, 1.165) is 17.5 Å². The van der Waals surface area contributed by atoms with Crippen molar-refractivity contribution in [2.75, 3.05) is 6.61 Å². The third-order valence-electron chi connectivity index (χ3n) is 6.65. The Morgan fingerprint density at radius 2 is 1.58 bits per heavy atom. The van der Waals surface area contributed by atoms with Crippen molar-refractivity contribution in [2.24, 2.45) is 0 Å². The van der Waals surface area contributed by atoms with Crippen LogP contribution in [0.4, 0.5) is 4.39 Å². The van der Waals surface area contributed by atoms with Crippen LogP contribution in [0.3, 0.4) is 0 Å². The molecule has 0 radical (unpaired) electrons. The summed E-state index contributed by atoms with van der Waals surface area (Å²) < 4.78 is 20.5. The highest BCUT2D eigenvalue weighted by Gasteiger charge is 2.31. The maximum Gasteiger partial charge on any atom is 0.261 e. The average molecular weight is 519 g/mol. The van der Waals surface area contributed by atoms with Crippen LogP contribution in [0.25, 0.3) is 0 Å². The van der Waals surface area contributed by atoms with Crippen molar-refractivity contribution in [3.63, 3.8) is 0 Å². The Bertz CT molecular complexity index is 1190. The van der Waals surface area contributed by atoms with Crippen LogP contribution in [0, 0.1) is 5.82 Å². The van der Waals surface area contributed by atoms with Crippen LogP contribution in [0.15, 0.2) is 78.9 Å². The molecule has 6 heteroatoms. The minimum Gasteiger partial charge on any atom is -0.484 e. The molecule has 0 saturated carbocycles. The fourth-order valence-electron chi connectivity index (χ4n) is 4.08. The van der Waals surface area contributed by atoms with E-state index < -0.39 is 17.8 Å². The molecule has 0 aliphatic rings. The maximum absolute atomic E-state index is 14.7. The number of rotatable bonds is 11. The highest BCUT2D eigenvalue weighted by atomic mass is 19.1. The first-order valence-corrected chi connectivity index (χ1v) is 13.2. The zero-order valence-corrected chi connectivity index (χ0v) is 23.0. The number of hydrogen-bond acceptors (Lipinski definition) is 3. The van der Waals surface area contributed by atoms with Gasteiger partial charge >= 0.3 is 0 Å². The number of halogens is 1. The molecule has 2 unspecified atom stereocenters. The Morgan fingerprint density at radius 1 is 0.947 bits per heavy atom. The normalized spacial score (nSPS) is 12.9. The number of nitrogens with one attached hydrogen (secondary N) is 1. The van der Waals surface area contributed by atoms with Gasteiger partial charge in [0.2, 0.25) is 5.91 Å². The lowest BCUT2D eigenvalue weighted by molar-refractivity contribution is -0.143. The highest BCUT2D eigenvalue weighted by molar-refractivity contribution is 5.88. The van der Waals surface area contributed by atoms with Gasteiger partial charge in [-0.1, -0.05) is 88.4 Å². The molecule has 38 heavy (non-hydrogen) atoms. The third kappa shape index (κ3) is 8.17. The van der Waals surface area contributed by atoms with E-state index in [4.69, 9.17) is 4.74 Å². The van der Waals surface area contributed by atoms with Crippen molar-refractivity contribution in [2.45, 2.75) is 71.5 Å². The molecule has 5 nitrogen and oxygen atoms in total. The van der Waals surface area contributed by atoms with Gasteiger partial charge in [-0.05, 0) is 48.1 Å². The first-order valence-electron chi connectivity index (χ1n) is 13.2. The molecule has 0 fully saturated rings. The Labute approximate surface area is 226 Å². The molecule has 2 amide bonds. The van der Waals surface area contributed by atoms with Crippen molar-refractivity contribution < 1.29 is 18.7 Å². The van der Waals surface area contributed by atoms with Crippen molar-refractivity contribution >= 4 is 11.8 Å². The molecule has 3 aromatic carbocycles. The number of nitrogens with zero attached hydrogens (tertiary/aromatic N) is 1. The summed E-state index contributed by atoms with van der Waals surface area (Å²) in [4.78, 5) is 28.6. The fourth-order valence-corrected chi connectivity index (χ4v) is 4.08. The molecule has 1 N–H and O–H groups in total. The Hall–Kier alpha value is -3.67. The van der Waals surface area contributed by atoms with Gasteiger partial charge in [0, 0.05) is 24.6 Å². The van der Waals surface area contributed by atoms with Crippen LogP contribution in [-0.2, 0) is 28.0 Å². The minimum absolute atomic E-state index is 0.00144. The van der Waals surface area contributed by atoms with Gasteiger partial charge in [0.15, 0.2) is 6.61 Å². The Kier molecular flexibility index (Phi) is 10.1. The van der Waals surface area contributed by atoms with Gasteiger partial charge in [-0.25, -0.2) is 4.39 Å². The second-order valence-corrected chi connectivity index (χ2v) is 10.7. The predicted molar refractivity (Wildman–Crippen MR) is 149 cm³/mol. The van der Waals surface area contributed by atoms with E-state index in [9.17, 15) is 14.0 Å². The summed E-state index contributed by atoms with van der Waals surface area (Å²) in [5, 5.41) is 3.01. The number of ether oxygens (including phenoxy) is 1. The molecule has 2 atom stereocenters. The summed E-state index contributed by atoms with van der Waals surface area (Å²) in [5.74, 6) is -0.540. The van der Waals surface area contributed by atoms with E-state index >= 15 is 0 Å². The summed E-state index contributed by atoms with van der Waals surface area (Å²) >= 11 is 0. The molecule has 0 spiro atoms. The number of carbonyl (C=O) groups is 2. The van der Waals surface area contributed by atoms with Gasteiger partial charge in [0.1, 0.15) is 17.6 Å². The van der Waals surface area contributed by atoms with E-state index in [1.54, 1.807) is 18.2 Å². The van der Waals surface area contributed by atoms with Crippen LogP contribution >= 0.6 is 0 Å². The summed E-state index contributed by atoms with van der Waals surface area (Å²) in [5.41, 5.74) is 2.40. The van der Waals surface area contributed by atoms with Crippen molar-refractivity contribution in [3.8, 4) is 5.75 Å². The Balaban J connectivity index is 1.90. The zero-order chi connectivity index (χ0) is 27.7. The van der Waals surface area contributed by atoms with E-state index in [1.165, 1.54) is 11.0 Å². The SMILES string of the molecule is CCC(C)NC(=O)C(Cc1ccccc1)N(Cc1ccccc1F)C(=O)COc1ccc(C(C)(C)C)cc1. The van der Waals surface area contributed by atoms with Crippen LogP contribution in [0.1, 0.15) is 57.7 Å². The summed E-state index contributed by atoms with van der Waals surface area (Å²) in [7, 11) is 0. The smallest absolute Gasteiger partial charge is 0.261 e. The number of benzene rings is 3. The second kappa shape index (κ2) is 13.2. The molecule has 0 heterocycles. The molecule has 0 bridgehead atoms. The Morgan fingerprint density at radius 3 is 2.18 bits per heavy atom. The van der Waals surface area contributed by atoms with Gasteiger partial charge in [0.25, 0.3) is 5.91 Å². The van der Waals surface area contributed by atoms with Gasteiger partial charge in [-0.3, -0.25) is 9.59 Å². The molecule has 0 aliphatic heterocycles. The first kappa shape index (κ1) is 28.9. The van der Waals surface area contributed by atoms with Crippen LogP contribution in [0.5, 0.6) is 5.75 Å². The number of hydrogen-bond donors (Lipinski definition) is 1. The van der Waals surface area contributed by atoms with E-state index in [2.05, 4.69) is 26.1 Å². The second-order valence-electron chi connectivity index (χ2n) is 10.7. The van der Waals surface area contributed by atoms with Gasteiger partial charge in [-0.2, -0.15) is 0 Å². The highest BCUT2D eigenvalue weighted by Crippen LogP contribution is 2.24.